The Bertz CT molecular complexity index is 539. The standard InChI is InChI=1S/C11H10N2O3S/c1-7-13-5-8(17-7)6-16-9-3-2-4-12-10(9)11(14)15/h2-5H,6H2,1H3,(H,14,15). The van der Waals surface area contributed by atoms with Crippen LogP contribution in [0.1, 0.15) is 20.4 Å². The van der Waals surface area contributed by atoms with Gasteiger partial charge >= 0.3 is 5.97 Å². The first kappa shape index (κ1) is 11.5. The lowest BCUT2D eigenvalue weighted by molar-refractivity contribution is 0.0685. The molecule has 0 aliphatic rings. The average Bonchev–Trinajstić information content (AvgIpc) is 2.73. The van der Waals surface area contributed by atoms with E-state index in [4.69, 9.17) is 9.84 Å². The summed E-state index contributed by atoms with van der Waals surface area (Å²) in [4.78, 5) is 19.7. The monoisotopic (exact) mass is 250 g/mol. The summed E-state index contributed by atoms with van der Waals surface area (Å²) < 4.78 is 5.42. The van der Waals surface area contributed by atoms with Crippen molar-refractivity contribution < 1.29 is 14.6 Å². The smallest absolute Gasteiger partial charge is 0.358 e. The molecule has 0 aliphatic carbocycles. The van der Waals surface area contributed by atoms with Crippen LogP contribution < -0.4 is 4.74 Å². The molecule has 0 fully saturated rings. The van der Waals surface area contributed by atoms with Gasteiger partial charge in [0.15, 0.2) is 11.4 Å². The minimum Gasteiger partial charge on any atom is -0.485 e. The number of pyridine rings is 1. The largest absolute Gasteiger partial charge is 0.485 e. The van der Waals surface area contributed by atoms with E-state index in [-0.39, 0.29) is 11.4 Å². The van der Waals surface area contributed by atoms with Crippen LogP contribution in [0.15, 0.2) is 24.5 Å². The van der Waals surface area contributed by atoms with Gasteiger partial charge in [-0.25, -0.2) is 14.8 Å². The van der Waals surface area contributed by atoms with Crippen LogP contribution in [0.5, 0.6) is 5.75 Å². The normalized spacial score (nSPS) is 10.2. The molecule has 0 radical (unpaired) electrons. The second-order valence-electron chi connectivity index (χ2n) is 3.29. The highest BCUT2D eigenvalue weighted by Gasteiger charge is 2.12. The summed E-state index contributed by atoms with van der Waals surface area (Å²) in [5.74, 6) is -0.827. The van der Waals surface area contributed by atoms with Gasteiger partial charge in [-0.05, 0) is 19.1 Å². The molecular weight excluding hydrogens is 240 g/mol. The van der Waals surface area contributed by atoms with Crippen LogP contribution >= 0.6 is 11.3 Å². The van der Waals surface area contributed by atoms with Crippen molar-refractivity contribution in [2.24, 2.45) is 0 Å². The van der Waals surface area contributed by atoms with E-state index in [9.17, 15) is 4.79 Å². The fourth-order valence-corrected chi connectivity index (χ4v) is 2.00. The molecule has 2 aromatic heterocycles. The van der Waals surface area contributed by atoms with Gasteiger partial charge in [0.2, 0.25) is 0 Å². The third-order valence-electron chi connectivity index (χ3n) is 2.01. The van der Waals surface area contributed by atoms with E-state index in [2.05, 4.69) is 9.97 Å². The molecule has 17 heavy (non-hydrogen) atoms. The maximum atomic E-state index is 10.9. The Morgan fingerprint density at radius 2 is 2.35 bits per heavy atom. The first-order valence-corrected chi connectivity index (χ1v) is 5.71. The van der Waals surface area contributed by atoms with Crippen molar-refractivity contribution in [2.75, 3.05) is 0 Å². The van der Waals surface area contributed by atoms with Crippen molar-refractivity contribution in [2.45, 2.75) is 13.5 Å². The summed E-state index contributed by atoms with van der Waals surface area (Å²) in [6.45, 7) is 2.21. The molecule has 0 spiro atoms. The Kier molecular flexibility index (Phi) is 3.34. The number of aromatic carboxylic acids is 1. The Morgan fingerprint density at radius 3 is 3.00 bits per heavy atom. The SMILES string of the molecule is Cc1ncc(COc2cccnc2C(=O)O)s1. The molecule has 0 aliphatic heterocycles. The molecule has 0 saturated carbocycles. The van der Waals surface area contributed by atoms with Crippen LogP contribution in [0.2, 0.25) is 0 Å². The van der Waals surface area contributed by atoms with E-state index < -0.39 is 5.97 Å². The summed E-state index contributed by atoms with van der Waals surface area (Å²) in [5.41, 5.74) is -0.0752. The first-order valence-electron chi connectivity index (χ1n) is 4.89. The number of aryl methyl sites for hydroxylation is 1. The van der Waals surface area contributed by atoms with E-state index in [1.165, 1.54) is 17.5 Å². The highest BCUT2D eigenvalue weighted by molar-refractivity contribution is 7.11. The maximum absolute atomic E-state index is 10.9. The van der Waals surface area contributed by atoms with Gasteiger partial charge in [-0.2, -0.15) is 0 Å². The lowest BCUT2D eigenvalue weighted by atomic mass is 10.3. The molecule has 2 rings (SSSR count). The third kappa shape index (κ3) is 2.79. The predicted molar refractivity (Wildman–Crippen MR) is 62.4 cm³/mol. The molecule has 0 atom stereocenters. The van der Waals surface area contributed by atoms with Crippen LogP contribution in [0, 0.1) is 6.92 Å². The van der Waals surface area contributed by atoms with Crippen molar-refractivity contribution in [3.63, 3.8) is 0 Å². The lowest BCUT2D eigenvalue weighted by Gasteiger charge is -2.06. The van der Waals surface area contributed by atoms with E-state index >= 15 is 0 Å². The quantitative estimate of drug-likeness (QED) is 0.899. The van der Waals surface area contributed by atoms with E-state index in [0.29, 0.717) is 6.61 Å². The summed E-state index contributed by atoms with van der Waals surface area (Å²) in [6.07, 6.45) is 3.14. The van der Waals surface area contributed by atoms with Crippen LogP contribution in [-0.2, 0) is 6.61 Å². The van der Waals surface area contributed by atoms with Crippen molar-refractivity contribution in [3.8, 4) is 5.75 Å². The van der Waals surface area contributed by atoms with Crippen LogP contribution in [0.4, 0.5) is 0 Å². The molecule has 2 aromatic rings. The fraction of sp³-hybridized carbons (Fsp3) is 0.182. The number of aromatic nitrogens is 2. The van der Waals surface area contributed by atoms with Gasteiger partial charge in [0.1, 0.15) is 6.61 Å². The number of nitrogens with zero attached hydrogens (tertiary/aromatic N) is 2. The van der Waals surface area contributed by atoms with E-state index in [0.717, 1.165) is 9.88 Å². The minimum absolute atomic E-state index is 0.0752. The summed E-state index contributed by atoms with van der Waals surface area (Å²) in [5, 5.41) is 9.87. The molecule has 2 heterocycles. The van der Waals surface area contributed by atoms with Crippen LogP contribution in [0.3, 0.4) is 0 Å². The van der Waals surface area contributed by atoms with Crippen molar-refractivity contribution >= 4 is 17.3 Å². The Balaban J connectivity index is 2.11. The fourth-order valence-electron chi connectivity index (χ4n) is 1.29. The minimum atomic E-state index is -1.10. The number of carboxylic acids is 1. The molecule has 0 aromatic carbocycles. The maximum Gasteiger partial charge on any atom is 0.358 e. The molecule has 6 heteroatoms. The van der Waals surface area contributed by atoms with E-state index in [1.807, 2.05) is 6.92 Å². The number of hydrogen-bond donors (Lipinski definition) is 1. The van der Waals surface area contributed by atoms with Crippen LogP contribution in [0.25, 0.3) is 0 Å². The first-order chi connectivity index (χ1) is 8.16. The van der Waals surface area contributed by atoms with Gasteiger partial charge < -0.3 is 9.84 Å². The molecule has 0 unspecified atom stereocenters. The highest BCUT2D eigenvalue weighted by Crippen LogP contribution is 2.19. The Morgan fingerprint density at radius 1 is 1.53 bits per heavy atom. The Hall–Kier alpha value is -1.95. The molecule has 0 amide bonds. The highest BCUT2D eigenvalue weighted by atomic mass is 32.1. The van der Waals surface area contributed by atoms with E-state index in [1.54, 1.807) is 18.3 Å². The van der Waals surface area contributed by atoms with Gasteiger partial charge in [0, 0.05) is 12.4 Å². The average molecular weight is 250 g/mol. The van der Waals surface area contributed by atoms with Gasteiger partial charge in [0.25, 0.3) is 0 Å². The molecule has 5 nitrogen and oxygen atoms in total. The number of ether oxygens (including phenoxy) is 1. The number of carbonyl (C=O) groups is 1. The van der Waals surface area contributed by atoms with Gasteiger partial charge in [-0.1, -0.05) is 0 Å². The zero-order chi connectivity index (χ0) is 12.3. The summed E-state index contributed by atoms with van der Waals surface area (Å²) >= 11 is 1.52. The number of thiazole rings is 1. The van der Waals surface area contributed by atoms with Gasteiger partial charge in [-0.3, -0.25) is 0 Å². The predicted octanol–water partition coefficient (Wildman–Crippen LogP) is 2.12. The summed E-state index contributed by atoms with van der Waals surface area (Å²) in [6, 6.07) is 3.23. The number of rotatable bonds is 4. The second kappa shape index (κ2) is 4.92. The van der Waals surface area contributed by atoms with Gasteiger partial charge in [-0.15, -0.1) is 11.3 Å². The van der Waals surface area contributed by atoms with Gasteiger partial charge in [0.05, 0.1) is 9.88 Å². The molecular formula is C11H10N2O3S. The molecule has 88 valence electrons. The van der Waals surface area contributed by atoms with Crippen LogP contribution in [-0.4, -0.2) is 21.0 Å². The van der Waals surface area contributed by atoms with Crippen molar-refractivity contribution in [1.82, 2.24) is 9.97 Å². The zero-order valence-electron chi connectivity index (χ0n) is 9.08. The Labute approximate surface area is 102 Å². The summed E-state index contributed by atoms with van der Waals surface area (Å²) in [7, 11) is 0. The molecule has 0 saturated heterocycles. The van der Waals surface area contributed by atoms with Crippen molar-refractivity contribution in [3.05, 3.63) is 40.1 Å². The second-order valence-corrected chi connectivity index (χ2v) is 4.61. The zero-order valence-corrected chi connectivity index (χ0v) is 9.90. The number of hydrogen-bond acceptors (Lipinski definition) is 5. The van der Waals surface area contributed by atoms with Crippen molar-refractivity contribution in [1.29, 1.82) is 0 Å². The number of carboxylic acid groups (broad SMARTS) is 1. The topological polar surface area (TPSA) is 72.3 Å². The molecule has 1 N–H and O–H groups in total. The third-order valence-corrected chi connectivity index (χ3v) is 2.90. The molecule has 0 bridgehead atoms. The lowest BCUT2D eigenvalue weighted by Crippen LogP contribution is -2.04.